The number of aromatic nitrogens is 1. The summed E-state index contributed by atoms with van der Waals surface area (Å²) in [4.78, 5) is 24.1. The molecule has 0 unspecified atom stereocenters. The molecular formula is C27H29N3O5. The van der Waals surface area contributed by atoms with Crippen LogP contribution in [0.4, 0.5) is 5.69 Å². The molecule has 1 heterocycles. The predicted molar refractivity (Wildman–Crippen MR) is 132 cm³/mol. The van der Waals surface area contributed by atoms with E-state index in [4.69, 9.17) is 14.0 Å². The number of ether oxygens (including phenoxy) is 2. The van der Waals surface area contributed by atoms with Crippen LogP contribution in [0.3, 0.4) is 0 Å². The zero-order valence-electron chi connectivity index (χ0n) is 20.1. The molecule has 2 N–H and O–H groups in total. The van der Waals surface area contributed by atoms with Gasteiger partial charge in [-0.3, -0.25) is 9.59 Å². The third kappa shape index (κ3) is 6.50. The highest BCUT2D eigenvalue weighted by Crippen LogP contribution is 2.31. The molecule has 1 aromatic heterocycles. The standard InChI is InChI=1S/C27H29N3O5/c1-17-23(18(2)35-30-17)16-34-24-12-6-19(14-25(24)33-3)7-13-26(31)28-15-20-4-10-22(11-5-20)29-27(32)21-8-9-21/h4-7,10-14,21H,8-9,15-16H2,1-3H3,(H,28,31)(H,29,32)/b13-7+. The fourth-order valence-electron chi connectivity index (χ4n) is 3.48. The molecular weight excluding hydrogens is 446 g/mol. The summed E-state index contributed by atoms with van der Waals surface area (Å²) in [5.41, 5.74) is 4.22. The van der Waals surface area contributed by atoms with E-state index in [9.17, 15) is 9.59 Å². The van der Waals surface area contributed by atoms with Crippen LogP contribution in [0.2, 0.25) is 0 Å². The Bertz CT molecular complexity index is 1210. The number of rotatable bonds is 10. The molecule has 2 aromatic carbocycles. The quantitative estimate of drug-likeness (QED) is 0.417. The average molecular weight is 476 g/mol. The van der Waals surface area contributed by atoms with Gasteiger partial charge in [0.25, 0.3) is 0 Å². The second-order valence-electron chi connectivity index (χ2n) is 8.51. The Morgan fingerprint density at radius 1 is 1.11 bits per heavy atom. The van der Waals surface area contributed by atoms with Crippen LogP contribution in [0, 0.1) is 19.8 Å². The van der Waals surface area contributed by atoms with Crippen LogP contribution in [0.5, 0.6) is 11.5 Å². The number of amides is 2. The van der Waals surface area contributed by atoms with Gasteiger partial charge in [-0.05, 0) is 68.2 Å². The highest BCUT2D eigenvalue weighted by atomic mass is 16.5. The molecule has 0 bridgehead atoms. The van der Waals surface area contributed by atoms with Gasteiger partial charge in [0.15, 0.2) is 11.5 Å². The Kier molecular flexibility index (Phi) is 7.50. The number of carbonyl (C=O) groups excluding carboxylic acids is 2. The van der Waals surface area contributed by atoms with Crippen molar-refractivity contribution in [2.75, 3.05) is 12.4 Å². The average Bonchev–Trinajstić information content (AvgIpc) is 3.67. The van der Waals surface area contributed by atoms with Crippen molar-refractivity contribution in [1.29, 1.82) is 0 Å². The zero-order chi connectivity index (χ0) is 24.8. The number of methoxy groups -OCH3 is 1. The molecule has 182 valence electrons. The van der Waals surface area contributed by atoms with Gasteiger partial charge in [-0.25, -0.2) is 0 Å². The molecule has 0 aliphatic heterocycles. The molecule has 3 aromatic rings. The summed E-state index contributed by atoms with van der Waals surface area (Å²) in [6.45, 7) is 4.43. The minimum absolute atomic E-state index is 0.0767. The van der Waals surface area contributed by atoms with Crippen molar-refractivity contribution in [2.24, 2.45) is 5.92 Å². The van der Waals surface area contributed by atoms with Gasteiger partial charge >= 0.3 is 0 Å². The van der Waals surface area contributed by atoms with Gasteiger partial charge in [-0.1, -0.05) is 23.4 Å². The Labute approximate surface area is 204 Å². The van der Waals surface area contributed by atoms with Crippen LogP contribution in [0.25, 0.3) is 6.08 Å². The van der Waals surface area contributed by atoms with E-state index in [1.807, 2.05) is 44.2 Å². The lowest BCUT2D eigenvalue weighted by Gasteiger charge is -2.11. The molecule has 0 radical (unpaired) electrons. The second kappa shape index (κ2) is 10.9. The van der Waals surface area contributed by atoms with Crippen molar-refractivity contribution in [1.82, 2.24) is 10.5 Å². The Balaban J connectivity index is 1.28. The molecule has 0 saturated heterocycles. The van der Waals surface area contributed by atoms with Gasteiger partial charge in [-0.2, -0.15) is 0 Å². The SMILES string of the molecule is COc1cc(/C=C/C(=O)NCc2ccc(NC(=O)C3CC3)cc2)ccc1OCc1c(C)noc1C. The van der Waals surface area contributed by atoms with Crippen LogP contribution in [-0.2, 0) is 22.7 Å². The molecule has 8 heteroatoms. The summed E-state index contributed by atoms with van der Waals surface area (Å²) in [6.07, 6.45) is 5.13. The first-order valence-electron chi connectivity index (χ1n) is 11.5. The van der Waals surface area contributed by atoms with Crippen molar-refractivity contribution < 1.29 is 23.6 Å². The normalized spacial score (nSPS) is 13.0. The molecule has 8 nitrogen and oxygen atoms in total. The van der Waals surface area contributed by atoms with Gasteiger partial charge in [0.2, 0.25) is 11.8 Å². The lowest BCUT2D eigenvalue weighted by Crippen LogP contribution is -2.20. The van der Waals surface area contributed by atoms with E-state index in [1.165, 1.54) is 6.08 Å². The summed E-state index contributed by atoms with van der Waals surface area (Å²) < 4.78 is 16.5. The number of carbonyl (C=O) groups is 2. The van der Waals surface area contributed by atoms with E-state index in [0.29, 0.717) is 24.7 Å². The smallest absolute Gasteiger partial charge is 0.244 e. The van der Waals surface area contributed by atoms with Crippen molar-refractivity contribution >= 4 is 23.6 Å². The first-order chi connectivity index (χ1) is 16.9. The third-order valence-corrected chi connectivity index (χ3v) is 5.80. The van der Waals surface area contributed by atoms with Gasteiger partial charge in [-0.15, -0.1) is 0 Å². The Hall–Kier alpha value is -4.07. The van der Waals surface area contributed by atoms with Crippen molar-refractivity contribution in [3.63, 3.8) is 0 Å². The number of hydrogen-bond acceptors (Lipinski definition) is 6. The van der Waals surface area contributed by atoms with E-state index in [2.05, 4.69) is 15.8 Å². The summed E-state index contributed by atoms with van der Waals surface area (Å²) in [5.74, 6) is 1.90. The van der Waals surface area contributed by atoms with Gasteiger partial charge in [0.1, 0.15) is 12.4 Å². The minimum atomic E-state index is -0.214. The highest BCUT2D eigenvalue weighted by Gasteiger charge is 2.29. The molecule has 2 amide bonds. The molecule has 1 saturated carbocycles. The fraction of sp³-hybridized carbons (Fsp3) is 0.296. The fourth-order valence-corrected chi connectivity index (χ4v) is 3.48. The van der Waals surface area contributed by atoms with Crippen LogP contribution in [0.1, 0.15) is 41.0 Å². The maximum absolute atomic E-state index is 12.3. The minimum Gasteiger partial charge on any atom is -0.493 e. The Morgan fingerprint density at radius 2 is 1.89 bits per heavy atom. The molecule has 0 atom stereocenters. The number of hydrogen-bond donors (Lipinski definition) is 2. The number of benzene rings is 2. The highest BCUT2D eigenvalue weighted by molar-refractivity contribution is 5.94. The van der Waals surface area contributed by atoms with Crippen LogP contribution in [-0.4, -0.2) is 24.1 Å². The molecule has 0 spiro atoms. The number of aryl methyl sites for hydroxylation is 2. The lowest BCUT2D eigenvalue weighted by atomic mass is 10.1. The summed E-state index contributed by atoms with van der Waals surface area (Å²) in [7, 11) is 1.57. The van der Waals surface area contributed by atoms with E-state index < -0.39 is 0 Å². The zero-order valence-corrected chi connectivity index (χ0v) is 20.1. The summed E-state index contributed by atoms with van der Waals surface area (Å²) >= 11 is 0. The largest absolute Gasteiger partial charge is 0.493 e. The predicted octanol–water partition coefficient (Wildman–Crippen LogP) is 4.56. The molecule has 1 fully saturated rings. The molecule has 4 rings (SSSR count). The third-order valence-electron chi connectivity index (χ3n) is 5.80. The Morgan fingerprint density at radius 3 is 2.54 bits per heavy atom. The maximum Gasteiger partial charge on any atom is 0.244 e. The van der Waals surface area contributed by atoms with Gasteiger partial charge in [0.05, 0.1) is 18.4 Å². The molecule has 1 aliphatic carbocycles. The number of nitrogens with one attached hydrogen (secondary N) is 2. The topological polar surface area (TPSA) is 103 Å². The number of anilines is 1. The summed E-state index contributed by atoms with van der Waals surface area (Å²) in [5, 5.41) is 9.70. The van der Waals surface area contributed by atoms with E-state index >= 15 is 0 Å². The second-order valence-corrected chi connectivity index (χ2v) is 8.51. The first kappa shape index (κ1) is 24.1. The van der Waals surface area contributed by atoms with Crippen molar-refractivity contribution in [2.45, 2.75) is 39.8 Å². The van der Waals surface area contributed by atoms with E-state index in [0.717, 1.165) is 46.7 Å². The number of nitrogens with zero attached hydrogens (tertiary/aromatic N) is 1. The van der Waals surface area contributed by atoms with Crippen LogP contribution < -0.4 is 20.1 Å². The van der Waals surface area contributed by atoms with Crippen LogP contribution in [0.15, 0.2) is 53.1 Å². The molecule has 35 heavy (non-hydrogen) atoms. The first-order valence-corrected chi connectivity index (χ1v) is 11.5. The lowest BCUT2D eigenvalue weighted by molar-refractivity contribution is -0.117. The molecule has 1 aliphatic rings. The summed E-state index contributed by atoms with van der Waals surface area (Å²) in [6, 6.07) is 12.9. The van der Waals surface area contributed by atoms with Gasteiger partial charge < -0.3 is 24.6 Å². The van der Waals surface area contributed by atoms with E-state index in [-0.39, 0.29) is 17.7 Å². The maximum atomic E-state index is 12.3. The van der Waals surface area contributed by atoms with Crippen LogP contribution >= 0.6 is 0 Å². The monoisotopic (exact) mass is 475 g/mol. The van der Waals surface area contributed by atoms with Crippen molar-refractivity contribution in [3.05, 3.63) is 76.7 Å². The van der Waals surface area contributed by atoms with Gasteiger partial charge in [0, 0.05) is 24.2 Å². The van der Waals surface area contributed by atoms with Crippen molar-refractivity contribution in [3.8, 4) is 11.5 Å². The van der Waals surface area contributed by atoms with E-state index in [1.54, 1.807) is 25.3 Å².